The minimum atomic E-state index is -1.39. The zero-order chi connectivity index (χ0) is 30.0. The van der Waals surface area contributed by atoms with E-state index in [4.69, 9.17) is 10.2 Å². The Morgan fingerprint density at radius 3 is 1.64 bits per heavy atom. The average molecular weight is 559 g/mol. The molecule has 0 bridgehead atoms. The van der Waals surface area contributed by atoms with E-state index in [-0.39, 0.29) is 50.2 Å². The van der Waals surface area contributed by atoms with E-state index in [0.29, 0.717) is 19.4 Å². The second-order valence-corrected chi connectivity index (χ2v) is 9.18. The van der Waals surface area contributed by atoms with Crippen LogP contribution in [0.25, 0.3) is 0 Å². The van der Waals surface area contributed by atoms with Gasteiger partial charge in [0.2, 0.25) is 11.8 Å². The number of hydrogen-bond acceptors (Lipinski definition) is 8. The van der Waals surface area contributed by atoms with Crippen molar-refractivity contribution in [1.82, 2.24) is 10.6 Å². The lowest BCUT2D eigenvalue weighted by Crippen LogP contribution is -2.41. The molecule has 6 N–H and O–H groups in total. The molecular weight excluding hydrogens is 520 g/mol. The summed E-state index contributed by atoms with van der Waals surface area (Å²) in [5.41, 5.74) is 0. The number of carbonyl (C=O) groups is 8. The predicted octanol–water partition coefficient (Wildman–Crippen LogP) is 0.998. The molecule has 0 rings (SSSR count). The normalized spacial score (nSPS) is 12.9. The first-order valence-electron chi connectivity index (χ1n) is 12.8. The first kappa shape index (κ1) is 35.2. The van der Waals surface area contributed by atoms with Crippen molar-refractivity contribution >= 4 is 47.3 Å². The van der Waals surface area contributed by atoms with Crippen LogP contribution in [0.15, 0.2) is 0 Å². The molecule has 0 saturated carbocycles. The number of hydrogen-bond donors (Lipinski definition) is 6. The molecule has 2 amide bonds. The highest BCUT2D eigenvalue weighted by Crippen LogP contribution is 2.19. The van der Waals surface area contributed by atoms with Gasteiger partial charge in [-0.2, -0.15) is 0 Å². The highest BCUT2D eigenvalue weighted by molar-refractivity contribution is 5.88. The number of amides is 2. The van der Waals surface area contributed by atoms with Gasteiger partial charge in [0.05, 0.1) is 11.8 Å². The van der Waals surface area contributed by atoms with E-state index in [1.165, 1.54) is 0 Å². The third kappa shape index (κ3) is 17.3. The topological polar surface area (TPSA) is 242 Å². The van der Waals surface area contributed by atoms with Crippen LogP contribution >= 0.6 is 0 Å². The minimum absolute atomic E-state index is 0.0262. The van der Waals surface area contributed by atoms with Crippen molar-refractivity contribution in [3.63, 3.8) is 0 Å². The van der Waals surface area contributed by atoms with E-state index < -0.39 is 79.1 Å². The molecule has 39 heavy (non-hydrogen) atoms. The third-order valence-electron chi connectivity index (χ3n) is 5.91. The molecule has 0 aliphatic heterocycles. The van der Waals surface area contributed by atoms with Crippen molar-refractivity contribution in [3.05, 3.63) is 0 Å². The molecular formula is C25H38N2O12. The smallest absolute Gasteiger partial charge is 0.326 e. The number of unbranched alkanes of at least 4 members (excludes halogenated alkanes) is 1. The van der Waals surface area contributed by atoms with Gasteiger partial charge < -0.3 is 31.1 Å². The number of carboxylic acid groups (broad SMARTS) is 4. The summed E-state index contributed by atoms with van der Waals surface area (Å²) in [6.45, 7) is 2.23. The van der Waals surface area contributed by atoms with Crippen molar-refractivity contribution < 1.29 is 58.8 Å². The van der Waals surface area contributed by atoms with Crippen LogP contribution in [0.5, 0.6) is 0 Å². The largest absolute Gasteiger partial charge is 0.481 e. The number of Topliss-reactive ketones (excluding diaryl/α,β-unsaturated/α-hetero) is 2. The summed E-state index contributed by atoms with van der Waals surface area (Å²) in [6.07, 6.45) is -1.55. The van der Waals surface area contributed by atoms with Crippen LogP contribution in [-0.4, -0.2) is 80.3 Å². The standard InChI is InChI=1S/C25H38N2O12/c1-2-26-20(30)11-9-17(28)5-3-4-6-19(25(38)39)27-21(31)10-7-15(23(34)35)13-18(29)14-16(24(36)37)8-12-22(32)33/h15-16,19H,2-14H2,1H3,(H,26,30)(H,27,31)(H,32,33)(H,34,35)(H,36,37)(H,38,39)/t15-,16-,19?/m1/s1. The summed E-state index contributed by atoms with van der Waals surface area (Å²) in [4.78, 5) is 92.7. The van der Waals surface area contributed by atoms with E-state index in [1.807, 2.05) is 0 Å². The molecule has 220 valence electrons. The maximum Gasteiger partial charge on any atom is 0.326 e. The molecule has 14 heteroatoms. The minimum Gasteiger partial charge on any atom is -0.481 e. The molecule has 3 atom stereocenters. The van der Waals surface area contributed by atoms with Crippen LogP contribution in [-0.2, 0) is 38.4 Å². The van der Waals surface area contributed by atoms with E-state index in [1.54, 1.807) is 6.92 Å². The number of rotatable bonds is 23. The van der Waals surface area contributed by atoms with E-state index in [9.17, 15) is 48.6 Å². The molecule has 0 heterocycles. The van der Waals surface area contributed by atoms with E-state index in [0.717, 1.165) is 0 Å². The average Bonchev–Trinajstić information content (AvgIpc) is 2.84. The number of carboxylic acids is 4. The molecule has 14 nitrogen and oxygen atoms in total. The highest BCUT2D eigenvalue weighted by Gasteiger charge is 2.28. The van der Waals surface area contributed by atoms with Crippen molar-refractivity contribution in [2.75, 3.05) is 6.54 Å². The fourth-order valence-corrected chi connectivity index (χ4v) is 3.72. The summed E-state index contributed by atoms with van der Waals surface area (Å²) in [6, 6.07) is -1.27. The van der Waals surface area contributed by atoms with Crippen LogP contribution < -0.4 is 10.6 Å². The summed E-state index contributed by atoms with van der Waals surface area (Å²) in [7, 11) is 0. The lowest BCUT2D eigenvalue weighted by Gasteiger charge is -2.16. The fourth-order valence-electron chi connectivity index (χ4n) is 3.72. The van der Waals surface area contributed by atoms with Gasteiger partial charge in [0, 0.05) is 51.5 Å². The summed E-state index contributed by atoms with van der Waals surface area (Å²) < 4.78 is 0. The molecule has 0 radical (unpaired) electrons. The van der Waals surface area contributed by atoms with Gasteiger partial charge in [-0.3, -0.25) is 33.6 Å². The zero-order valence-electron chi connectivity index (χ0n) is 22.0. The Labute approximate surface area is 225 Å². The van der Waals surface area contributed by atoms with Gasteiger partial charge >= 0.3 is 23.9 Å². The van der Waals surface area contributed by atoms with Crippen molar-refractivity contribution in [2.45, 2.75) is 90.0 Å². The molecule has 1 unspecified atom stereocenters. The molecule has 0 fully saturated rings. The van der Waals surface area contributed by atoms with Crippen molar-refractivity contribution in [1.29, 1.82) is 0 Å². The molecule has 0 aliphatic carbocycles. The maximum absolute atomic E-state index is 12.3. The van der Waals surface area contributed by atoms with Gasteiger partial charge in [0.25, 0.3) is 0 Å². The number of nitrogens with one attached hydrogen (secondary N) is 2. The fraction of sp³-hybridized carbons (Fsp3) is 0.680. The van der Waals surface area contributed by atoms with Crippen LogP contribution in [0.3, 0.4) is 0 Å². The Morgan fingerprint density at radius 2 is 1.15 bits per heavy atom. The Bertz CT molecular complexity index is 901. The first-order valence-corrected chi connectivity index (χ1v) is 12.8. The number of ketones is 2. The Morgan fingerprint density at radius 1 is 0.590 bits per heavy atom. The summed E-state index contributed by atoms with van der Waals surface area (Å²) in [5.74, 6) is -9.71. The van der Waals surface area contributed by atoms with Gasteiger partial charge in [-0.15, -0.1) is 0 Å². The van der Waals surface area contributed by atoms with Crippen LogP contribution in [0.2, 0.25) is 0 Å². The Kier molecular flexibility index (Phi) is 17.4. The van der Waals surface area contributed by atoms with Crippen molar-refractivity contribution in [2.24, 2.45) is 11.8 Å². The molecule has 0 aliphatic rings. The molecule has 0 aromatic carbocycles. The monoisotopic (exact) mass is 558 g/mol. The SMILES string of the molecule is CCNC(=O)CCC(=O)CCCCC(NC(=O)CC[C@H](CC(=O)C[C@@H](CCC(=O)O)C(=O)O)C(=O)O)C(=O)O. The van der Waals surface area contributed by atoms with Gasteiger partial charge in [0.1, 0.15) is 17.6 Å². The second kappa shape index (κ2) is 19.3. The number of carbonyl (C=O) groups excluding carboxylic acids is 4. The lowest BCUT2D eigenvalue weighted by molar-refractivity contribution is -0.146. The van der Waals surface area contributed by atoms with Crippen LogP contribution in [0.4, 0.5) is 0 Å². The van der Waals surface area contributed by atoms with Gasteiger partial charge in [-0.05, 0) is 32.6 Å². The molecule has 0 aromatic rings. The summed E-state index contributed by atoms with van der Waals surface area (Å²) in [5, 5.41) is 41.5. The maximum atomic E-state index is 12.3. The van der Waals surface area contributed by atoms with E-state index in [2.05, 4.69) is 10.6 Å². The summed E-state index contributed by atoms with van der Waals surface area (Å²) >= 11 is 0. The van der Waals surface area contributed by atoms with Gasteiger partial charge in [-0.25, -0.2) is 4.79 Å². The highest BCUT2D eigenvalue weighted by atomic mass is 16.4. The quantitative estimate of drug-likeness (QED) is 0.0962. The van der Waals surface area contributed by atoms with Crippen LogP contribution in [0.1, 0.15) is 84.0 Å². The Hall–Kier alpha value is -3.84. The lowest BCUT2D eigenvalue weighted by atomic mass is 9.90. The Balaban J connectivity index is 4.64. The predicted molar refractivity (Wildman–Crippen MR) is 134 cm³/mol. The van der Waals surface area contributed by atoms with E-state index >= 15 is 0 Å². The number of aliphatic carboxylic acids is 4. The van der Waals surface area contributed by atoms with Crippen LogP contribution in [0, 0.1) is 11.8 Å². The molecule has 0 spiro atoms. The van der Waals surface area contributed by atoms with Gasteiger partial charge in [-0.1, -0.05) is 6.42 Å². The van der Waals surface area contributed by atoms with Gasteiger partial charge in [0.15, 0.2) is 0 Å². The van der Waals surface area contributed by atoms with Crippen molar-refractivity contribution in [3.8, 4) is 0 Å². The molecule has 0 aromatic heterocycles. The zero-order valence-corrected chi connectivity index (χ0v) is 22.0. The first-order chi connectivity index (χ1) is 18.3. The third-order valence-corrected chi connectivity index (χ3v) is 5.91. The molecule has 0 saturated heterocycles. The second-order valence-electron chi connectivity index (χ2n) is 9.18.